The van der Waals surface area contributed by atoms with Crippen LogP contribution in [0.15, 0.2) is 27.7 Å². The number of benzodiazepines with no additional fused rings is 1. The summed E-state index contributed by atoms with van der Waals surface area (Å²) in [4.78, 5) is 17.1. The van der Waals surface area contributed by atoms with Gasteiger partial charge in [0.15, 0.2) is 0 Å². The van der Waals surface area contributed by atoms with Gasteiger partial charge in [0.05, 0.1) is 0 Å². The van der Waals surface area contributed by atoms with E-state index in [1.165, 1.54) is 0 Å². The average molecular weight is 337 g/mol. The summed E-state index contributed by atoms with van der Waals surface area (Å²) in [5, 5.41) is 3.01. The number of hydrogen-bond acceptors (Lipinski definition) is 3. The first-order valence-electron chi connectivity index (χ1n) is 6.88. The number of hydrogen-bond donors (Lipinski definition) is 1. The lowest BCUT2D eigenvalue weighted by molar-refractivity contribution is -0.119. The summed E-state index contributed by atoms with van der Waals surface area (Å²) in [6, 6.07) is 5.55. The first-order chi connectivity index (χ1) is 9.65. The van der Waals surface area contributed by atoms with Crippen molar-refractivity contribution >= 4 is 33.2 Å². The third kappa shape index (κ3) is 2.65. The Morgan fingerprint density at radius 2 is 2.10 bits per heavy atom. The molecular weight excluding hydrogens is 320 g/mol. The quantitative estimate of drug-likeness (QED) is 0.856. The topological polar surface area (TPSA) is 50.7 Å². The molecule has 106 valence electrons. The number of fused-ring (bicyclic) bond motifs is 1. The second-order valence-corrected chi connectivity index (χ2v) is 6.20. The normalized spacial score (nSPS) is 23.6. The first-order valence-corrected chi connectivity index (χ1v) is 7.67. The number of benzene rings is 1. The molecule has 1 aromatic rings. The number of rotatable bonds is 1. The lowest BCUT2D eigenvalue weighted by Gasteiger charge is -2.26. The maximum atomic E-state index is 12.4. The molecule has 0 bridgehead atoms. The van der Waals surface area contributed by atoms with Crippen LogP contribution in [0, 0.1) is 5.92 Å². The summed E-state index contributed by atoms with van der Waals surface area (Å²) >= 11 is 3.47. The molecule has 0 saturated carbocycles. The van der Waals surface area contributed by atoms with Gasteiger partial charge >= 0.3 is 0 Å². The minimum absolute atomic E-state index is 0.00248. The highest BCUT2D eigenvalue weighted by Gasteiger charge is 2.32. The molecule has 2 aliphatic rings. The number of anilines is 1. The average Bonchev–Trinajstić information content (AvgIpc) is 2.58. The Bertz CT molecular complexity index is 565. The van der Waals surface area contributed by atoms with Crippen molar-refractivity contribution in [2.45, 2.75) is 25.8 Å². The molecule has 2 aliphatic heterocycles. The van der Waals surface area contributed by atoms with E-state index in [4.69, 9.17) is 9.73 Å². The summed E-state index contributed by atoms with van der Waals surface area (Å²) in [6.07, 6.45) is 1.80. The van der Waals surface area contributed by atoms with Crippen LogP contribution in [-0.4, -0.2) is 30.9 Å². The lowest BCUT2D eigenvalue weighted by Crippen LogP contribution is -2.35. The molecule has 3 rings (SSSR count). The van der Waals surface area contributed by atoms with E-state index in [2.05, 4.69) is 21.2 Å². The molecular formula is C15H17BrN2O2. The van der Waals surface area contributed by atoms with Gasteiger partial charge in [-0.1, -0.05) is 15.9 Å². The van der Waals surface area contributed by atoms with Crippen molar-refractivity contribution in [3.05, 3.63) is 28.2 Å². The number of carbonyl (C=O) groups excluding carboxylic acids is 1. The largest absolute Gasteiger partial charge is 0.381 e. The van der Waals surface area contributed by atoms with Crippen LogP contribution in [0.25, 0.3) is 0 Å². The molecule has 4 nitrogen and oxygen atoms in total. The smallest absolute Gasteiger partial charge is 0.249 e. The predicted octanol–water partition coefficient (Wildman–Crippen LogP) is 3.01. The Labute approximate surface area is 126 Å². The molecule has 0 radical (unpaired) electrons. The van der Waals surface area contributed by atoms with Crippen molar-refractivity contribution < 1.29 is 9.53 Å². The molecule has 1 aromatic carbocycles. The van der Waals surface area contributed by atoms with Crippen LogP contribution in [0.1, 0.15) is 25.3 Å². The zero-order valence-electron chi connectivity index (χ0n) is 11.4. The van der Waals surface area contributed by atoms with Gasteiger partial charge < -0.3 is 10.1 Å². The molecule has 1 atom stereocenters. The molecule has 1 amide bonds. The van der Waals surface area contributed by atoms with Crippen LogP contribution in [0.2, 0.25) is 0 Å². The molecule has 5 heteroatoms. The highest BCUT2D eigenvalue weighted by atomic mass is 79.9. The molecule has 2 heterocycles. The zero-order valence-corrected chi connectivity index (χ0v) is 12.9. The van der Waals surface area contributed by atoms with Crippen molar-refractivity contribution in [3.63, 3.8) is 0 Å². The highest BCUT2D eigenvalue weighted by molar-refractivity contribution is 9.10. The minimum atomic E-state index is -0.301. The number of nitrogens with one attached hydrogen (secondary N) is 1. The van der Waals surface area contributed by atoms with Gasteiger partial charge in [-0.05, 0) is 43.9 Å². The summed E-state index contributed by atoms with van der Waals surface area (Å²) < 4.78 is 6.37. The summed E-state index contributed by atoms with van der Waals surface area (Å²) in [5.41, 5.74) is 2.74. The third-order valence-corrected chi connectivity index (χ3v) is 4.44. The number of amides is 1. The van der Waals surface area contributed by atoms with E-state index >= 15 is 0 Å². The van der Waals surface area contributed by atoms with Gasteiger partial charge in [0, 0.05) is 34.6 Å². The van der Waals surface area contributed by atoms with Gasteiger partial charge in [-0.3, -0.25) is 9.79 Å². The molecule has 0 spiro atoms. The highest BCUT2D eigenvalue weighted by Crippen LogP contribution is 2.29. The van der Waals surface area contributed by atoms with Crippen LogP contribution >= 0.6 is 15.9 Å². The number of ether oxygens (including phenoxy) is 1. The Kier molecular flexibility index (Phi) is 3.89. The standard InChI is InChI=1S/C15H17BrN2O2/c1-9-12-8-11(16)2-3-13(12)18-15(19)14(17-9)10-4-6-20-7-5-10/h2-3,8,10,14H,4-7H2,1H3,(H,18,19). The second-order valence-electron chi connectivity index (χ2n) is 5.29. The Balaban J connectivity index is 1.95. The van der Waals surface area contributed by atoms with Crippen molar-refractivity contribution in [1.29, 1.82) is 0 Å². The fourth-order valence-electron chi connectivity index (χ4n) is 2.82. The molecule has 20 heavy (non-hydrogen) atoms. The van der Waals surface area contributed by atoms with Crippen LogP contribution < -0.4 is 5.32 Å². The fourth-order valence-corrected chi connectivity index (χ4v) is 3.18. The Morgan fingerprint density at radius 1 is 1.35 bits per heavy atom. The molecule has 1 unspecified atom stereocenters. The summed E-state index contributed by atoms with van der Waals surface area (Å²) in [7, 11) is 0. The van der Waals surface area contributed by atoms with E-state index in [0.717, 1.165) is 47.5 Å². The number of carbonyl (C=O) groups is 1. The van der Waals surface area contributed by atoms with E-state index in [1.807, 2.05) is 25.1 Å². The zero-order chi connectivity index (χ0) is 14.1. The Hall–Kier alpha value is -1.20. The van der Waals surface area contributed by atoms with Crippen LogP contribution in [0.5, 0.6) is 0 Å². The number of halogens is 1. The lowest BCUT2D eigenvalue weighted by atomic mass is 9.91. The molecule has 0 aliphatic carbocycles. The third-order valence-electron chi connectivity index (χ3n) is 3.94. The molecule has 1 N–H and O–H groups in total. The van der Waals surface area contributed by atoms with Crippen molar-refractivity contribution in [3.8, 4) is 0 Å². The van der Waals surface area contributed by atoms with Crippen molar-refractivity contribution in [1.82, 2.24) is 0 Å². The fraction of sp³-hybridized carbons (Fsp3) is 0.467. The maximum Gasteiger partial charge on any atom is 0.249 e. The van der Waals surface area contributed by atoms with E-state index < -0.39 is 0 Å². The van der Waals surface area contributed by atoms with Gasteiger partial charge in [-0.2, -0.15) is 0 Å². The van der Waals surface area contributed by atoms with Gasteiger partial charge in [-0.25, -0.2) is 0 Å². The number of nitrogens with zero attached hydrogens (tertiary/aromatic N) is 1. The second kappa shape index (κ2) is 5.66. The molecule has 1 saturated heterocycles. The van der Waals surface area contributed by atoms with Crippen LogP contribution in [0.4, 0.5) is 5.69 Å². The van der Waals surface area contributed by atoms with E-state index in [-0.39, 0.29) is 17.9 Å². The van der Waals surface area contributed by atoms with E-state index in [9.17, 15) is 4.79 Å². The van der Waals surface area contributed by atoms with Gasteiger partial charge in [0.2, 0.25) is 5.91 Å². The van der Waals surface area contributed by atoms with Crippen molar-refractivity contribution in [2.24, 2.45) is 10.9 Å². The molecule has 0 aromatic heterocycles. The van der Waals surface area contributed by atoms with Crippen molar-refractivity contribution in [2.75, 3.05) is 18.5 Å². The summed E-state index contributed by atoms with van der Waals surface area (Å²) in [5.74, 6) is 0.272. The minimum Gasteiger partial charge on any atom is -0.381 e. The Morgan fingerprint density at radius 3 is 2.85 bits per heavy atom. The van der Waals surface area contributed by atoms with Gasteiger partial charge in [0.25, 0.3) is 0 Å². The first kappa shape index (κ1) is 13.8. The van der Waals surface area contributed by atoms with Crippen LogP contribution in [0.3, 0.4) is 0 Å². The molecule has 1 fully saturated rings. The van der Waals surface area contributed by atoms with Gasteiger partial charge in [-0.15, -0.1) is 0 Å². The summed E-state index contributed by atoms with van der Waals surface area (Å²) in [6.45, 7) is 3.42. The van der Waals surface area contributed by atoms with Gasteiger partial charge in [0.1, 0.15) is 6.04 Å². The number of aliphatic imine (C=N–C) groups is 1. The monoisotopic (exact) mass is 336 g/mol. The van der Waals surface area contributed by atoms with E-state index in [1.54, 1.807) is 0 Å². The SMILES string of the molecule is CC1=NC(C2CCOCC2)C(=O)Nc2ccc(Br)cc21. The maximum absolute atomic E-state index is 12.4. The van der Waals surface area contributed by atoms with E-state index in [0.29, 0.717) is 0 Å². The van der Waals surface area contributed by atoms with Crippen LogP contribution in [-0.2, 0) is 9.53 Å². The predicted molar refractivity (Wildman–Crippen MR) is 82.3 cm³/mol.